The lowest BCUT2D eigenvalue weighted by Gasteiger charge is -2.38. The van der Waals surface area contributed by atoms with E-state index < -0.39 is 5.41 Å². The van der Waals surface area contributed by atoms with Gasteiger partial charge in [0.2, 0.25) is 5.91 Å². The average Bonchev–Trinajstić information content (AvgIpc) is 2.53. The van der Waals surface area contributed by atoms with Crippen LogP contribution in [0.15, 0.2) is 24.5 Å². The Labute approximate surface area is 120 Å². The molecule has 5 nitrogen and oxygen atoms in total. The van der Waals surface area contributed by atoms with Gasteiger partial charge in [-0.1, -0.05) is 0 Å². The third-order valence-electron chi connectivity index (χ3n) is 4.09. The number of hydrogen-bond donors (Lipinski definition) is 1. The SMILES string of the molecule is CCN(Cc1ccncc1)C(=O)C1(CN)CCOCC1. The van der Waals surface area contributed by atoms with Crippen LogP contribution in [0.5, 0.6) is 0 Å². The second kappa shape index (κ2) is 6.81. The molecule has 1 saturated heterocycles. The van der Waals surface area contributed by atoms with Crippen LogP contribution in [0.2, 0.25) is 0 Å². The van der Waals surface area contributed by atoms with Crippen molar-refractivity contribution >= 4 is 5.91 Å². The van der Waals surface area contributed by atoms with Gasteiger partial charge >= 0.3 is 0 Å². The summed E-state index contributed by atoms with van der Waals surface area (Å²) in [6.07, 6.45) is 4.94. The van der Waals surface area contributed by atoms with Gasteiger partial charge in [-0.05, 0) is 37.5 Å². The quantitative estimate of drug-likeness (QED) is 0.877. The molecule has 1 aliphatic rings. The monoisotopic (exact) mass is 277 g/mol. The van der Waals surface area contributed by atoms with Gasteiger partial charge in [-0.3, -0.25) is 9.78 Å². The van der Waals surface area contributed by atoms with Gasteiger partial charge < -0.3 is 15.4 Å². The first-order valence-corrected chi connectivity index (χ1v) is 7.18. The van der Waals surface area contributed by atoms with Crippen molar-refractivity contribution in [1.82, 2.24) is 9.88 Å². The number of ether oxygens (including phenoxy) is 1. The zero-order valence-corrected chi connectivity index (χ0v) is 12.0. The Kier molecular flexibility index (Phi) is 5.09. The summed E-state index contributed by atoms with van der Waals surface area (Å²) in [7, 11) is 0. The molecule has 2 N–H and O–H groups in total. The largest absolute Gasteiger partial charge is 0.381 e. The van der Waals surface area contributed by atoms with Gasteiger partial charge in [0.25, 0.3) is 0 Å². The van der Waals surface area contributed by atoms with Crippen molar-refractivity contribution in [3.8, 4) is 0 Å². The van der Waals surface area contributed by atoms with Crippen molar-refractivity contribution in [2.24, 2.45) is 11.1 Å². The molecule has 110 valence electrons. The number of hydrogen-bond acceptors (Lipinski definition) is 4. The molecular formula is C15H23N3O2. The highest BCUT2D eigenvalue weighted by Crippen LogP contribution is 2.32. The number of nitrogens with zero attached hydrogens (tertiary/aromatic N) is 2. The Balaban J connectivity index is 2.11. The fraction of sp³-hybridized carbons (Fsp3) is 0.600. The highest BCUT2D eigenvalue weighted by molar-refractivity contribution is 5.83. The van der Waals surface area contributed by atoms with Crippen LogP contribution in [0.3, 0.4) is 0 Å². The summed E-state index contributed by atoms with van der Waals surface area (Å²) < 4.78 is 5.37. The predicted molar refractivity (Wildman–Crippen MR) is 76.9 cm³/mol. The molecule has 20 heavy (non-hydrogen) atoms. The Morgan fingerprint density at radius 3 is 2.60 bits per heavy atom. The van der Waals surface area contributed by atoms with E-state index in [2.05, 4.69) is 4.98 Å². The molecule has 1 aromatic rings. The zero-order chi connectivity index (χ0) is 14.4. The molecule has 0 radical (unpaired) electrons. The molecule has 5 heteroatoms. The van der Waals surface area contributed by atoms with Gasteiger partial charge in [-0.25, -0.2) is 0 Å². The maximum absolute atomic E-state index is 12.9. The number of rotatable bonds is 5. The molecule has 0 aliphatic carbocycles. The van der Waals surface area contributed by atoms with Crippen LogP contribution in [-0.4, -0.2) is 42.1 Å². The predicted octanol–water partition coefficient (Wildman–Crippen LogP) is 1.19. The molecular weight excluding hydrogens is 254 g/mol. The fourth-order valence-corrected chi connectivity index (χ4v) is 2.64. The number of amides is 1. The van der Waals surface area contributed by atoms with E-state index in [1.807, 2.05) is 24.0 Å². The van der Waals surface area contributed by atoms with Crippen molar-refractivity contribution in [1.29, 1.82) is 0 Å². The molecule has 1 aromatic heterocycles. The molecule has 2 rings (SSSR count). The van der Waals surface area contributed by atoms with Gasteiger partial charge in [-0.2, -0.15) is 0 Å². The average molecular weight is 277 g/mol. The van der Waals surface area contributed by atoms with Crippen LogP contribution in [0.1, 0.15) is 25.3 Å². The van der Waals surface area contributed by atoms with Crippen LogP contribution in [0.25, 0.3) is 0 Å². The maximum atomic E-state index is 12.9. The van der Waals surface area contributed by atoms with Crippen molar-refractivity contribution in [2.75, 3.05) is 26.3 Å². The number of pyridine rings is 1. The summed E-state index contributed by atoms with van der Waals surface area (Å²) in [5, 5.41) is 0. The van der Waals surface area contributed by atoms with Crippen LogP contribution < -0.4 is 5.73 Å². The molecule has 0 atom stereocenters. The van der Waals surface area contributed by atoms with E-state index in [1.165, 1.54) is 0 Å². The molecule has 1 fully saturated rings. The summed E-state index contributed by atoms with van der Waals surface area (Å²) in [6.45, 7) is 4.93. The summed E-state index contributed by atoms with van der Waals surface area (Å²) in [5.74, 6) is 0.155. The zero-order valence-electron chi connectivity index (χ0n) is 12.0. The molecule has 0 aromatic carbocycles. The topological polar surface area (TPSA) is 68.5 Å². The maximum Gasteiger partial charge on any atom is 0.230 e. The van der Waals surface area contributed by atoms with E-state index >= 15 is 0 Å². The molecule has 0 bridgehead atoms. The summed E-state index contributed by atoms with van der Waals surface area (Å²) in [6, 6.07) is 3.88. The standard InChI is InChI=1S/C15H23N3O2/c1-2-18(11-13-3-7-17-8-4-13)14(19)15(12-16)5-9-20-10-6-15/h3-4,7-8H,2,5-6,9-12,16H2,1H3. The Morgan fingerprint density at radius 2 is 2.05 bits per heavy atom. The lowest BCUT2D eigenvalue weighted by atomic mass is 9.78. The highest BCUT2D eigenvalue weighted by atomic mass is 16.5. The van der Waals surface area contributed by atoms with Gasteiger partial charge in [0.1, 0.15) is 0 Å². The lowest BCUT2D eigenvalue weighted by Crippen LogP contribution is -2.50. The smallest absolute Gasteiger partial charge is 0.230 e. The van der Waals surface area contributed by atoms with Crippen molar-refractivity contribution in [3.05, 3.63) is 30.1 Å². The van der Waals surface area contributed by atoms with Gasteiger partial charge in [-0.15, -0.1) is 0 Å². The first-order valence-electron chi connectivity index (χ1n) is 7.18. The second-order valence-corrected chi connectivity index (χ2v) is 5.27. The van der Waals surface area contributed by atoms with Crippen molar-refractivity contribution < 1.29 is 9.53 Å². The minimum atomic E-state index is -0.443. The normalized spacial score (nSPS) is 17.7. The van der Waals surface area contributed by atoms with E-state index in [0.29, 0.717) is 32.8 Å². The third kappa shape index (κ3) is 3.16. The minimum Gasteiger partial charge on any atom is -0.381 e. The molecule has 0 spiro atoms. The van der Waals surface area contributed by atoms with Crippen molar-refractivity contribution in [2.45, 2.75) is 26.3 Å². The summed E-state index contributed by atoms with van der Waals surface area (Å²) in [5.41, 5.74) is 6.56. The Bertz CT molecular complexity index is 430. The van der Waals surface area contributed by atoms with E-state index in [1.54, 1.807) is 12.4 Å². The molecule has 2 heterocycles. The van der Waals surface area contributed by atoms with Crippen molar-refractivity contribution in [3.63, 3.8) is 0 Å². The van der Waals surface area contributed by atoms with Crippen LogP contribution in [-0.2, 0) is 16.1 Å². The summed E-state index contributed by atoms with van der Waals surface area (Å²) in [4.78, 5) is 18.7. The molecule has 1 amide bonds. The van der Waals surface area contributed by atoms with E-state index in [0.717, 1.165) is 18.4 Å². The molecule has 0 saturated carbocycles. The third-order valence-corrected chi connectivity index (χ3v) is 4.09. The Morgan fingerprint density at radius 1 is 1.40 bits per heavy atom. The van der Waals surface area contributed by atoms with E-state index in [-0.39, 0.29) is 5.91 Å². The van der Waals surface area contributed by atoms with E-state index in [9.17, 15) is 4.79 Å². The number of carbonyl (C=O) groups is 1. The highest BCUT2D eigenvalue weighted by Gasteiger charge is 2.41. The molecule has 0 unspecified atom stereocenters. The van der Waals surface area contributed by atoms with Crippen LogP contribution in [0.4, 0.5) is 0 Å². The van der Waals surface area contributed by atoms with E-state index in [4.69, 9.17) is 10.5 Å². The number of aromatic nitrogens is 1. The first-order chi connectivity index (χ1) is 9.72. The van der Waals surface area contributed by atoms with Gasteiger partial charge in [0.05, 0.1) is 5.41 Å². The lowest BCUT2D eigenvalue weighted by molar-refractivity contribution is -0.147. The Hall–Kier alpha value is -1.46. The second-order valence-electron chi connectivity index (χ2n) is 5.27. The van der Waals surface area contributed by atoms with Gasteiger partial charge in [0, 0.05) is 45.2 Å². The number of nitrogens with two attached hydrogens (primary N) is 1. The van der Waals surface area contributed by atoms with Crippen LogP contribution >= 0.6 is 0 Å². The number of carbonyl (C=O) groups excluding carboxylic acids is 1. The minimum absolute atomic E-state index is 0.155. The van der Waals surface area contributed by atoms with Gasteiger partial charge in [0.15, 0.2) is 0 Å². The molecule has 1 aliphatic heterocycles. The fourth-order valence-electron chi connectivity index (χ4n) is 2.64. The van der Waals surface area contributed by atoms with Crippen LogP contribution in [0, 0.1) is 5.41 Å². The summed E-state index contributed by atoms with van der Waals surface area (Å²) >= 11 is 0. The first kappa shape index (κ1) is 14.9.